The predicted molar refractivity (Wildman–Crippen MR) is 57.5 cm³/mol. The summed E-state index contributed by atoms with van der Waals surface area (Å²) in [6, 6.07) is 2.79. The van der Waals surface area contributed by atoms with Crippen LogP contribution in [0, 0.1) is 0 Å². The lowest BCUT2D eigenvalue weighted by atomic mass is 10.3. The molecule has 0 saturated carbocycles. The molecule has 0 aromatic carbocycles. The number of alkyl halides is 3. The van der Waals surface area contributed by atoms with Gasteiger partial charge in [0, 0.05) is 13.0 Å². The third kappa shape index (κ3) is 4.95. The van der Waals surface area contributed by atoms with Gasteiger partial charge in [-0.05, 0) is 18.6 Å². The normalized spacial score (nSPS) is 11.1. The number of halogens is 3. The van der Waals surface area contributed by atoms with Gasteiger partial charge in [0.05, 0.1) is 0 Å². The molecule has 9 heteroatoms. The van der Waals surface area contributed by atoms with Gasteiger partial charge in [0.15, 0.2) is 11.5 Å². The van der Waals surface area contributed by atoms with Crippen LogP contribution in [0.2, 0.25) is 0 Å². The van der Waals surface area contributed by atoms with Crippen LogP contribution in [-0.4, -0.2) is 28.8 Å². The Hall–Kier alpha value is -1.90. The molecule has 100 valence electrons. The molecule has 0 bridgehead atoms. The third-order valence-electron chi connectivity index (χ3n) is 1.97. The Kier molecular flexibility index (Phi) is 4.84. The summed E-state index contributed by atoms with van der Waals surface area (Å²) in [5.41, 5.74) is 2.25. The minimum atomic E-state index is -4.21. The average Bonchev–Trinajstić information content (AvgIpc) is 2.33. The number of aromatic nitrogens is 2. The van der Waals surface area contributed by atoms with Crippen molar-refractivity contribution in [1.29, 1.82) is 0 Å². The van der Waals surface area contributed by atoms with Gasteiger partial charge in [-0.25, -0.2) is 5.84 Å². The zero-order valence-electron chi connectivity index (χ0n) is 9.29. The van der Waals surface area contributed by atoms with E-state index in [9.17, 15) is 18.0 Å². The van der Waals surface area contributed by atoms with Crippen molar-refractivity contribution in [2.75, 3.05) is 12.0 Å². The second kappa shape index (κ2) is 6.15. The van der Waals surface area contributed by atoms with Gasteiger partial charge < -0.3 is 10.7 Å². The van der Waals surface area contributed by atoms with E-state index in [-0.39, 0.29) is 24.5 Å². The zero-order chi connectivity index (χ0) is 13.6. The fourth-order valence-electron chi connectivity index (χ4n) is 1.11. The first kappa shape index (κ1) is 14.2. The highest BCUT2D eigenvalue weighted by molar-refractivity contribution is 5.92. The predicted octanol–water partition coefficient (Wildman–Crippen LogP) is 0.834. The van der Waals surface area contributed by atoms with E-state index in [2.05, 4.69) is 20.9 Å². The standard InChI is InChI=1S/C9H12F3N5O/c10-9(11,12)4-1-5-14-8(18)6-2-3-7(15-13)17-16-6/h2-3H,1,4-5,13H2,(H,14,18)(H,15,17). The number of nitrogen functional groups attached to an aromatic ring is 1. The number of amides is 1. The lowest BCUT2D eigenvalue weighted by Crippen LogP contribution is -2.26. The molecule has 0 atom stereocenters. The summed E-state index contributed by atoms with van der Waals surface area (Å²) in [4.78, 5) is 11.4. The number of carbonyl (C=O) groups is 1. The Morgan fingerprint density at radius 1 is 1.33 bits per heavy atom. The van der Waals surface area contributed by atoms with Gasteiger partial charge in [0.2, 0.25) is 0 Å². The molecule has 0 aliphatic rings. The SMILES string of the molecule is NNc1ccc(C(=O)NCCCC(F)(F)F)nn1. The van der Waals surface area contributed by atoms with Crippen LogP contribution in [0.4, 0.5) is 19.0 Å². The van der Waals surface area contributed by atoms with Crippen LogP contribution in [-0.2, 0) is 0 Å². The Bertz CT molecular complexity index is 392. The number of nitrogens with zero attached hydrogens (tertiary/aromatic N) is 2. The summed E-state index contributed by atoms with van der Waals surface area (Å²) in [5, 5.41) is 9.42. The molecule has 1 aromatic rings. The second-order valence-electron chi connectivity index (χ2n) is 3.42. The lowest BCUT2D eigenvalue weighted by Gasteiger charge is -2.07. The van der Waals surface area contributed by atoms with Gasteiger partial charge in [0.1, 0.15) is 0 Å². The van der Waals surface area contributed by atoms with E-state index in [4.69, 9.17) is 5.84 Å². The maximum absolute atomic E-state index is 11.8. The molecule has 4 N–H and O–H groups in total. The maximum atomic E-state index is 11.8. The Morgan fingerprint density at radius 3 is 2.56 bits per heavy atom. The van der Waals surface area contributed by atoms with Crippen LogP contribution in [0.5, 0.6) is 0 Å². The molecule has 0 fully saturated rings. The maximum Gasteiger partial charge on any atom is 0.389 e. The minimum absolute atomic E-state index is 0.0148. The molecule has 1 rings (SSSR count). The van der Waals surface area contributed by atoms with Gasteiger partial charge in [-0.1, -0.05) is 0 Å². The van der Waals surface area contributed by atoms with Crippen molar-refractivity contribution in [3.63, 3.8) is 0 Å². The van der Waals surface area contributed by atoms with Crippen molar-refractivity contribution >= 4 is 11.7 Å². The number of hydrogen-bond donors (Lipinski definition) is 3. The molecule has 18 heavy (non-hydrogen) atoms. The van der Waals surface area contributed by atoms with Gasteiger partial charge >= 0.3 is 6.18 Å². The van der Waals surface area contributed by atoms with Crippen molar-refractivity contribution in [1.82, 2.24) is 15.5 Å². The summed E-state index contributed by atoms with van der Waals surface area (Å²) < 4.78 is 35.5. The zero-order valence-corrected chi connectivity index (χ0v) is 9.29. The number of nitrogens with two attached hydrogens (primary N) is 1. The van der Waals surface area contributed by atoms with Gasteiger partial charge in [-0.3, -0.25) is 4.79 Å². The fourth-order valence-corrected chi connectivity index (χ4v) is 1.11. The largest absolute Gasteiger partial charge is 0.389 e. The highest BCUT2D eigenvalue weighted by Gasteiger charge is 2.26. The van der Waals surface area contributed by atoms with Crippen molar-refractivity contribution in [2.45, 2.75) is 19.0 Å². The van der Waals surface area contributed by atoms with Gasteiger partial charge in [-0.15, -0.1) is 10.2 Å². The van der Waals surface area contributed by atoms with Crippen LogP contribution < -0.4 is 16.6 Å². The van der Waals surface area contributed by atoms with Crippen LogP contribution in [0.1, 0.15) is 23.3 Å². The fraction of sp³-hybridized carbons (Fsp3) is 0.444. The number of anilines is 1. The first-order valence-corrected chi connectivity index (χ1v) is 5.07. The molecule has 0 aliphatic heterocycles. The van der Waals surface area contributed by atoms with E-state index < -0.39 is 18.5 Å². The second-order valence-corrected chi connectivity index (χ2v) is 3.42. The molecular formula is C9H12F3N5O. The molecule has 0 spiro atoms. The van der Waals surface area contributed by atoms with E-state index in [0.717, 1.165) is 0 Å². The van der Waals surface area contributed by atoms with Gasteiger partial charge in [0.25, 0.3) is 5.91 Å². The lowest BCUT2D eigenvalue weighted by molar-refractivity contribution is -0.135. The molecule has 0 aliphatic carbocycles. The number of hydrazine groups is 1. The summed E-state index contributed by atoms with van der Waals surface area (Å²) in [5.74, 6) is 4.76. The minimum Gasteiger partial charge on any atom is -0.351 e. The van der Waals surface area contributed by atoms with Crippen molar-refractivity contribution in [2.24, 2.45) is 5.84 Å². The first-order valence-electron chi connectivity index (χ1n) is 5.07. The third-order valence-corrected chi connectivity index (χ3v) is 1.97. The number of hydrogen-bond acceptors (Lipinski definition) is 5. The number of carbonyl (C=O) groups excluding carboxylic acids is 1. The van der Waals surface area contributed by atoms with Crippen molar-refractivity contribution in [3.8, 4) is 0 Å². The Balaban J connectivity index is 2.36. The molecule has 0 saturated heterocycles. The topological polar surface area (TPSA) is 92.9 Å². The summed E-state index contributed by atoms with van der Waals surface area (Å²) >= 11 is 0. The number of rotatable bonds is 5. The molecule has 1 aromatic heterocycles. The highest BCUT2D eigenvalue weighted by Crippen LogP contribution is 2.20. The smallest absolute Gasteiger partial charge is 0.351 e. The van der Waals surface area contributed by atoms with Crippen LogP contribution >= 0.6 is 0 Å². The molecule has 1 heterocycles. The van der Waals surface area contributed by atoms with Crippen LogP contribution in [0.15, 0.2) is 12.1 Å². The summed E-state index contributed by atoms with van der Waals surface area (Å²) in [6.45, 7) is -0.0725. The van der Waals surface area contributed by atoms with Crippen molar-refractivity contribution in [3.05, 3.63) is 17.8 Å². The number of nitrogens with one attached hydrogen (secondary N) is 2. The molecular weight excluding hydrogens is 251 g/mol. The Labute approximate surface area is 101 Å². The van der Waals surface area contributed by atoms with Gasteiger partial charge in [-0.2, -0.15) is 13.2 Å². The summed E-state index contributed by atoms with van der Waals surface area (Å²) in [6.07, 6.45) is -5.32. The van der Waals surface area contributed by atoms with E-state index in [1.807, 2.05) is 0 Å². The van der Waals surface area contributed by atoms with Crippen molar-refractivity contribution < 1.29 is 18.0 Å². The molecule has 1 amide bonds. The van der Waals surface area contributed by atoms with E-state index in [0.29, 0.717) is 0 Å². The molecule has 0 radical (unpaired) electrons. The Morgan fingerprint density at radius 2 is 2.06 bits per heavy atom. The van der Waals surface area contributed by atoms with Crippen LogP contribution in [0.25, 0.3) is 0 Å². The average molecular weight is 263 g/mol. The molecule has 6 nitrogen and oxygen atoms in total. The van der Waals surface area contributed by atoms with E-state index in [1.54, 1.807) is 0 Å². The summed E-state index contributed by atoms with van der Waals surface area (Å²) in [7, 11) is 0. The molecule has 0 unspecified atom stereocenters. The van der Waals surface area contributed by atoms with E-state index >= 15 is 0 Å². The van der Waals surface area contributed by atoms with Crippen LogP contribution in [0.3, 0.4) is 0 Å². The monoisotopic (exact) mass is 263 g/mol. The highest BCUT2D eigenvalue weighted by atomic mass is 19.4. The first-order chi connectivity index (χ1) is 8.42. The quantitative estimate of drug-likeness (QED) is 0.416. The van der Waals surface area contributed by atoms with E-state index in [1.165, 1.54) is 12.1 Å².